The van der Waals surface area contributed by atoms with E-state index in [1.54, 1.807) is 31.3 Å². The summed E-state index contributed by atoms with van der Waals surface area (Å²) in [7, 11) is -1.82. The van der Waals surface area contributed by atoms with E-state index in [0.29, 0.717) is 5.69 Å². The molecule has 1 aliphatic rings. The minimum absolute atomic E-state index is 0.112. The van der Waals surface area contributed by atoms with Crippen LogP contribution in [-0.4, -0.2) is 25.8 Å². The predicted molar refractivity (Wildman–Crippen MR) is 71.5 cm³/mol. The molecule has 1 aliphatic carbocycles. The van der Waals surface area contributed by atoms with Crippen LogP contribution in [0.1, 0.15) is 25.7 Å². The van der Waals surface area contributed by atoms with Gasteiger partial charge < -0.3 is 5.43 Å². The molecule has 2 rings (SSSR count). The van der Waals surface area contributed by atoms with E-state index < -0.39 is 10.0 Å². The molecule has 3 N–H and O–H groups in total. The third-order valence-electron chi connectivity index (χ3n) is 3.54. The van der Waals surface area contributed by atoms with E-state index in [0.717, 1.165) is 25.7 Å². The lowest BCUT2D eigenvalue weighted by molar-refractivity contribution is 0.373. The first-order valence-corrected chi connectivity index (χ1v) is 7.55. The predicted octanol–water partition coefficient (Wildman–Crippen LogP) is 1.54. The molecule has 5 nitrogen and oxygen atoms in total. The Kier molecular flexibility index (Phi) is 3.89. The molecule has 0 spiro atoms. The van der Waals surface area contributed by atoms with Gasteiger partial charge in [-0.05, 0) is 25.0 Å². The van der Waals surface area contributed by atoms with Crippen molar-refractivity contribution in [3.63, 3.8) is 0 Å². The van der Waals surface area contributed by atoms with Crippen molar-refractivity contribution < 1.29 is 8.42 Å². The van der Waals surface area contributed by atoms with Gasteiger partial charge in [-0.1, -0.05) is 25.0 Å². The van der Waals surface area contributed by atoms with Gasteiger partial charge in [0.2, 0.25) is 10.0 Å². The largest absolute Gasteiger partial charge is 0.323 e. The minimum Gasteiger partial charge on any atom is -0.323 e. The zero-order chi connectivity index (χ0) is 13.2. The van der Waals surface area contributed by atoms with E-state index in [-0.39, 0.29) is 10.9 Å². The number of nitrogens with zero attached hydrogens (tertiary/aromatic N) is 1. The summed E-state index contributed by atoms with van der Waals surface area (Å²) in [6, 6.07) is 6.81. The zero-order valence-corrected chi connectivity index (χ0v) is 11.3. The fourth-order valence-electron chi connectivity index (χ4n) is 2.43. The Hall–Kier alpha value is -1.11. The monoisotopic (exact) mass is 269 g/mol. The van der Waals surface area contributed by atoms with Gasteiger partial charge in [0.1, 0.15) is 4.90 Å². The van der Waals surface area contributed by atoms with Gasteiger partial charge in [-0.2, -0.15) is 4.31 Å². The van der Waals surface area contributed by atoms with E-state index >= 15 is 0 Å². The van der Waals surface area contributed by atoms with Crippen molar-refractivity contribution in [1.29, 1.82) is 0 Å². The molecule has 1 aromatic carbocycles. The number of hydrazine groups is 1. The Morgan fingerprint density at radius 1 is 1.28 bits per heavy atom. The van der Waals surface area contributed by atoms with Gasteiger partial charge in [-0.25, -0.2) is 8.42 Å². The SMILES string of the molecule is CN(C1CCCC1)S(=O)(=O)c1ccccc1NN. The van der Waals surface area contributed by atoms with Crippen LogP contribution in [0.4, 0.5) is 5.69 Å². The molecule has 6 heteroatoms. The molecule has 1 saturated carbocycles. The number of anilines is 1. The van der Waals surface area contributed by atoms with E-state index in [2.05, 4.69) is 5.43 Å². The van der Waals surface area contributed by atoms with Gasteiger partial charge in [-0.3, -0.25) is 5.84 Å². The molecule has 1 fully saturated rings. The lowest BCUT2D eigenvalue weighted by atomic mass is 10.3. The highest BCUT2D eigenvalue weighted by Crippen LogP contribution is 2.29. The highest BCUT2D eigenvalue weighted by atomic mass is 32.2. The lowest BCUT2D eigenvalue weighted by Gasteiger charge is -2.24. The second-order valence-electron chi connectivity index (χ2n) is 4.60. The van der Waals surface area contributed by atoms with Crippen LogP contribution >= 0.6 is 0 Å². The maximum absolute atomic E-state index is 12.5. The van der Waals surface area contributed by atoms with Gasteiger partial charge >= 0.3 is 0 Å². The summed E-state index contributed by atoms with van der Waals surface area (Å²) in [6.07, 6.45) is 4.07. The average molecular weight is 269 g/mol. The van der Waals surface area contributed by atoms with Gasteiger partial charge in [-0.15, -0.1) is 0 Å². The normalized spacial score (nSPS) is 17.3. The molecule has 18 heavy (non-hydrogen) atoms. The van der Waals surface area contributed by atoms with E-state index in [9.17, 15) is 8.42 Å². The topological polar surface area (TPSA) is 75.4 Å². The van der Waals surface area contributed by atoms with Crippen molar-refractivity contribution in [2.75, 3.05) is 12.5 Å². The van der Waals surface area contributed by atoms with E-state index in [4.69, 9.17) is 5.84 Å². The number of nitrogens with one attached hydrogen (secondary N) is 1. The number of hydrogen-bond donors (Lipinski definition) is 2. The molecule has 0 aliphatic heterocycles. The first kappa shape index (κ1) is 13.3. The maximum Gasteiger partial charge on any atom is 0.245 e. The second kappa shape index (κ2) is 5.26. The number of hydrogen-bond acceptors (Lipinski definition) is 4. The molecule has 0 aromatic heterocycles. The molecule has 0 amide bonds. The van der Waals surface area contributed by atoms with Crippen LogP contribution in [0.25, 0.3) is 0 Å². The Balaban J connectivity index is 2.35. The quantitative estimate of drug-likeness (QED) is 0.642. The minimum atomic E-state index is -3.47. The molecule has 0 heterocycles. The number of nitrogen functional groups attached to an aromatic ring is 1. The van der Waals surface area contributed by atoms with Crippen LogP contribution in [0.15, 0.2) is 29.2 Å². The smallest absolute Gasteiger partial charge is 0.245 e. The molecular weight excluding hydrogens is 250 g/mol. The van der Waals surface area contributed by atoms with Crippen LogP contribution in [0.5, 0.6) is 0 Å². The van der Waals surface area contributed by atoms with E-state index in [1.165, 1.54) is 4.31 Å². The van der Waals surface area contributed by atoms with Crippen LogP contribution < -0.4 is 11.3 Å². The van der Waals surface area contributed by atoms with Crippen molar-refractivity contribution in [2.24, 2.45) is 5.84 Å². The molecule has 0 bridgehead atoms. The maximum atomic E-state index is 12.5. The van der Waals surface area contributed by atoms with Gasteiger partial charge in [0, 0.05) is 13.1 Å². The second-order valence-corrected chi connectivity index (χ2v) is 6.57. The average Bonchev–Trinajstić information content (AvgIpc) is 2.91. The molecular formula is C12H19N3O2S. The molecule has 0 radical (unpaired) electrons. The van der Waals surface area contributed by atoms with Gasteiger partial charge in [0.05, 0.1) is 5.69 Å². The van der Waals surface area contributed by atoms with Crippen LogP contribution in [0.3, 0.4) is 0 Å². The van der Waals surface area contributed by atoms with Crippen molar-refractivity contribution in [2.45, 2.75) is 36.6 Å². The number of nitrogens with two attached hydrogens (primary N) is 1. The van der Waals surface area contributed by atoms with Gasteiger partial charge in [0.15, 0.2) is 0 Å². The first-order valence-electron chi connectivity index (χ1n) is 6.11. The third-order valence-corrected chi connectivity index (χ3v) is 5.51. The lowest BCUT2D eigenvalue weighted by Crippen LogP contribution is -2.35. The standard InChI is InChI=1S/C12H19N3O2S/c1-15(10-6-2-3-7-10)18(16,17)12-9-5-4-8-11(12)14-13/h4-5,8-10,14H,2-3,6-7,13H2,1H3. The summed E-state index contributed by atoms with van der Waals surface area (Å²) in [5, 5.41) is 0. The summed E-state index contributed by atoms with van der Waals surface area (Å²) in [6.45, 7) is 0. The Bertz CT molecular complexity index is 510. The summed E-state index contributed by atoms with van der Waals surface area (Å²) >= 11 is 0. The fourth-order valence-corrected chi connectivity index (χ4v) is 4.00. The van der Waals surface area contributed by atoms with Crippen molar-refractivity contribution >= 4 is 15.7 Å². The highest BCUT2D eigenvalue weighted by Gasteiger charge is 2.31. The zero-order valence-electron chi connectivity index (χ0n) is 10.5. The summed E-state index contributed by atoms with van der Waals surface area (Å²) in [5.74, 6) is 5.37. The van der Waals surface area contributed by atoms with Crippen LogP contribution in [-0.2, 0) is 10.0 Å². The van der Waals surface area contributed by atoms with Crippen LogP contribution in [0.2, 0.25) is 0 Å². The molecule has 0 unspecified atom stereocenters. The fraction of sp³-hybridized carbons (Fsp3) is 0.500. The van der Waals surface area contributed by atoms with Crippen molar-refractivity contribution in [3.8, 4) is 0 Å². The summed E-state index contributed by atoms with van der Waals surface area (Å²) in [4.78, 5) is 0.238. The Morgan fingerprint density at radius 2 is 1.89 bits per heavy atom. The molecule has 0 atom stereocenters. The molecule has 0 saturated heterocycles. The molecule has 100 valence electrons. The number of sulfonamides is 1. The first-order chi connectivity index (χ1) is 8.57. The van der Waals surface area contributed by atoms with Gasteiger partial charge in [0.25, 0.3) is 0 Å². The Morgan fingerprint density at radius 3 is 2.50 bits per heavy atom. The third kappa shape index (κ3) is 2.36. The Labute approximate surface area is 108 Å². The summed E-state index contributed by atoms with van der Waals surface area (Å²) < 4.78 is 26.5. The molecule has 1 aromatic rings. The summed E-state index contributed by atoms with van der Waals surface area (Å²) in [5.41, 5.74) is 2.87. The number of benzene rings is 1. The number of rotatable bonds is 4. The number of para-hydroxylation sites is 1. The van der Waals surface area contributed by atoms with Crippen molar-refractivity contribution in [3.05, 3.63) is 24.3 Å². The van der Waals surface area contributed by atoms with E-state index in [1.807, 2.05) is 0 Å². The van der Waals surface area contributed by atoms with Crippen LogP contribution in [0, 0.1) is 0 Å². The highest BCUT2D eigenvalue weighted by molar-refractivity contribution is 7.89. The van der Waals surface area contributed by atoms with Crippen molar-refractivity contribution in [1.82, 2.24) is 4.31 Å².